The van der Waals surface area contributed by atoms with Gasteiger partial charge in [0.15, 0.2) is 22.9 Å². The lowest BCUT2D eigenvalue weighted by Gasteiger charge is -2.35. The Balaban J connectivity index is 0.000000267. The Kier molecular flexibility index (Phi) is 9.78. The number of piperazine rings is 1. The Labute approximate surface area is 284 Å². The maximum atomic E-state index is 15.0. The molecule has 4 heterocycles. The smallest absolute Gasteiger partial charge is 0.242 e. The molecule has 0 unspecified atom stereocenters. The normalized spacial score (nSPS) is 13.3. The number of fused-ring (bicyclic) bond motifs is 2. The molecule has 1 aliphatic rings. The van der Waals surface area contributed by atoms with Crippen LogP contribution in [0.4, 0.5) is 26.0 Å². The molecule has 9 nitrogen and oxygen atoms in total. The fraction of sp³-hybridized carbons (Fsp3) is 0.289. The zero-order valence-electron chi connectivity index (χ0n) is 28.4. The van der Waals surface area contributed by atoms with Crippen molar-refractivity contribution in [2.45, 2.75) is 41.0 Å². The van der Waals surface area contributed by atoms with E-state index in [2.05, 4.69) is 76.0 Å². The van der Waals surface area contributed by atoms with E-state index in [1.165, 1.54) is 46.2 Å². The van der Waals surface area contributed by atoms with Gasteiger partial charge in [0.25, 0.3) is 0 Å². The molecule has 3 aromatic heterocycles. The largest absolute Gasteiger partial charge is 0.434 e. The van der Waals surface area contributed by atoms with E-state index in [0.29, 0.717) is 22.3 Å². The van der Waals surface area contributed by atoms with Gasteiger partial charge in [-0.25, -0.2) is 18.7 Å². The molecule has 6 aromatic rings. The summed E-state index contributed by atoms with van der Waals surface area (Å²) in [6.45, 7) is 14.7. The van der Waals surface area contributed by atoms with Crippen LogP contribution in [0, 0.1) is 43.7 Å². The molecule has 1 saturated heterocycles. The maximum Gasteiger partial charge on any atom is 0.242 e. The highest BCUT2D eigenvalue weighted by Crippen LogP contribution is 2.33. The molecule has 1 aliphatic heterocycles. The predicted molar refractivity (Wildman–Crippen MR) is 191 cm³/mol. The Morgan fingerprint density at radius 2 is 1.57 bits per heavy atom. The molecule has 0 spiro atoms. The van der Waals surface area contributed by atoms with Gasteiger partial charge in [0.1, 0.15) is 18.2 Å². The van der Waals surface area contributed by atoms with Crippen LogP contribution in [-0.4, -0.2) is 57.6 Å². The Morgan fingerprint density at radius 1 is 0.878 bits per heavy atom. The third-order valence-corrected chi connectivity index (χ3v) is 9.04. The lowest BCUT2D eigenvalue weighted by atomic mass is 10.0. The Morgan fingerprint density at radius 3 is 2.24 bits per heavy atom. The van der Waals surface area contributed by atoms with Gasteiger partial charge in [-0.05, 0) is 93.4 Å². The minimum atomic E-state index is -0.564. The number of benzene rings is 3. The lowest BCUT2D eigenvalue weighted by Crippen LogP contribution is -2.46. The summed E-state index contributed by atoms with van der Waals surface area (Å²) >= 11 is 0. The van der Waals surface area contributed by atoms with Crippen LogP contribution >= 0.6 is 0 Å². The van der Waals surface area contributed by atoms with Crippen molar-refractivity contribution >= 4 is 39.0 Å². The number of likely N-dealkylation sites (N-methyl/N-ethyl adjacent to an activating group) is 1. The second kappa shape index (κ2) is 14.3. The van der Waals surface area contributed by atoms with E-state index >= 15 is 0 Å². The summed E-state index contributed by atoms with van der Waals surface area (Å²) in [6.07, 6.45) is 2.32. The summed E-state index contributed by atoms with van der Waals surface area (Å²) in [6, 6.07) is 18.3. The van der Waals surface area contributed by atoms with Gasteiger partial charge in [-0.2, -0.15) is 5.26 Å². The SMILES string of the molecule is CCN1CCN(c2ccc(Nc3ncnc(Oc4ccc5[nH]c(C)cc5c4F)c3C#N)cc2F)CC1.CCc1ccc2[nH]c(C)cc2c1C. The first-order chi connectivity index (χ1) is 23.7. The van der Waals surface area contributed by atoms with Crippen molar-refractivity contribution in [1.29, 1.82) is 5.26 Å². The quantitative estimate of drug-likeness (QED) is 0.157. The minimum absolute atomic E-state index is 0.0255. The van der Waals surface area contributed by atoms with Gasteiger partial charge in [-0.1, -0.05) is 19.9 Å². The lowest BCUT2D eigenvalue weighted by molar-refractivity contribution is 0.270. The number of ether oxygens (including phenoxy) is 1. The molecule has 252 valence electrons. The van der Waals surface area contributed by atoms with Crippen molar-refractivity contribution in [3.63, 3.8) is 0 Å². The number of aromatic amines is 2. The van der Waals surface area contributed by atoms with Crippen LogP contribution in [-0.2, 0) is 6.42 Å². The zero-order valence-corrected chi connectivity index (χ0v) is 28.4. The van der Waals surface area contributed by atoms with Gasteiger partial charge in [0.2, 0.25) is 5.88 Å². The Hall–Kier alpha value is -5.47. The molecule has 0 amide bonds. The molecule has 7 rings (SSSR count). The number of anilines is 3. The van der Waals surface area contributed by atoms with E-state index in [1.54, 1.807) is 24.3 Å². The van der Waals surface area contributed by atoms with E-state index in [1.807, 2.05) is 17.9 Å². The van der Waals surface area contributed by atoms with Gasteiger partial charge in [-0.15, -0.1) is 0 Å². The van der Waals surface area contributed by atoms with E-state index in [9.17, 15) is 14.0 Å². The first kappa shape index (κ1) is 33.4. The van der Waals surface area contributed by atoms with Crippen LogP contribution in [0.2, 0.25) is 0 Å². The molecule has 3 aromatic carbocycles. The molecule has 0 bridgehead atoms. The molecular formula is C38H40F2N8O. The number of rotatable bonds is 7. The first-order valence-electron chi connectivity index (χ1n) is 16.5. The molecule has 3 N–H and O–H groups in total. The van der Waals surface area contributed by atoms with Crippen LogP contribution in [0.25, 0.3) is 21.8 Å². The number of aryl methyl sites for hydroxylation is 4. The van der Waals surface area contributed by atoms with Gasteiger partial charge in [0.05, 0.1) is 5.69 Å². The Bertz CT molecular complexity index is 2160. The summed E-state index contributed by atoms with van der Waals surface area (Å²) in [5.74, 6) is -0.977. The van der Waals surface area contributed by atoms with Crippen molar-refractivity contribution in [2.75, 3.05) is 42.9 Å². The van der Waals surface area contributed by atoms with Gasteiger partial charge in [0, 0.05) is 65.1 Å². The van der Waals surface area contributed by atoms with E-state index in [0.717, 1.165) is 44.8 Å². The molecular weight excluding hydrogens is 622 g/mol. The standard InChI is InChI=1S/C26H25F2N7O.C12H15N/c1-3-34-8-10-35(11-9-34)22-6-4-17(13-20(22)27)33-25-19(14-29)26(31-15-30-25)36-23-7-5-21-18(24(23)28)12-16(2)32-21;1-4-10-5-6-12-11(9(10)3)7-8(2)13-12/h4-7,12-13,15,32H,3,8-11H2,1-2H3,(H,30,31,33);5-7,13H,4H2,1-3H3. The third kappa shape index (κ3) is 7.05. The van der Waals surface area contributed by atoms with Crippen LogP contribution < -0.4 is 15.0 Å². The molecule has 49 heavy (non-hydrogen) atoms. The number of hydrogen-bond donors (Lipinski definition) is 3. The van der Waals surface area contributed by atoms with Crippen molar-refractivity contribution in [2.24, 2.45) is 0 Å². The highest BCUT2D eigenvalue weighted by atomic mass is 19.1. The van der Waals surface area contributed by atoms with Crippen LogP contribution in [0.15, 0.2) is 60.9 Å². The third-order valence-electron chi connectivity index (χ3n) is 9.04. The molecule has 0 atom stereocenters. The fourth-order valence-corrected chi connectivity index (χ4v) is 6.31. The van der Waals surface area contributed by atoms with Crippen molar-refractivity contribution < 1.29 is 13.5 Å². The van der Waals surface area contributed by atoms with Crippen LogP contribution in [0.5, 0.6) is 11.6 Å². The highest BCUT2D eigenvalue weighted by molar-refractivity contribution is 5.85. The predicted octanol–water partition coefficient (Wildman–Crippen LogP) is 8.44. The van der Waals surface area contributed by atoms with Crippen molar-refractivity contribution in [1.82, 2.24) is 24.8 Å². The summed E-state index contributed by atoms with van der Waals surface area (Å²) in [7, 11) is 0. The maximum absolute atomic E-state index is 15.0. The summed E-state index contributed by atoms with van der Waals surface area (Å²) in [5, 5.41) is 14.5. The summed E-state index contributed by atoms with van der Waals surface area (Å²) in [4.78, 5) is 18.9. The molecule has 0 aliphatic carbocycles. The molecule has 0 saturated carbocycles. The zero-order chi connectivity index (χ0) is 34.7. The molecule has 11 heteroatoms. The summed E-state index contributed by atoms with van der Waals surface area (Å²) in [5.41, 5.74) is 7.75. The number of nitriles is 1. The minimum Gasteiger partial charge on any atom is -0.434 e. The van der Waals surface area contributed by atoms with Gasteiger partial charge >= 0.3 is 0 Å². The van der Waals surface area contributed by atoms with Gasteiger partial charge in [-0.3, -0.25) is 0 Å². The average molecular weight is 663 g/mol. The topological polar surface area (TPSA) is 109 Å². The van der Waals surface area contributed by atoms with Crippen LogP contribution in [0.1, 0.15) is 41.9 Å². The van der Waals surface area contributed by atoms with Crippen molar-refractivity contribution in [3.8, 4) is 17.7 Å². The monoisotopic (exact) mass is 662 g/mol. The van der Waals surface area contributed by atoms with Gasteiger partial charge < -0.3 is 29.8 Å². The number of nitrogens with zero attached hydrogens (tertiary/aromatic N) is 5. The van der Waals surface area contributed by atoms with Crippen LogP contribution in [0.3, 0.4) is 0 Å². The number of halogens is 2. The second-order valence-electron chi connectivity index (χ2n) is 12.2. The van der Waals surface area contributed by atoms with E-state index < -0.39 is 5.82 Å². The number of aromatic nitrogens is 4. The molecule has 1 fully saturated rings. The average Bonchev–Trinajstić information content (AvgIpc) is 3.69. The van der Waals surface area contributed by atoms with E-state index in [-0.39, 0.29) is 28.8 Å². The first-order valence-corrected chi connectivity index (χ1v) is 16.5. The number of hydrogen-bond acceptors (Lipinski definition) is 7. The highest BCUT2D eigenvalue weighted by Gasteiger charge is 2.20. The molecule has 0 radical (unpaired) electrons. The summed E-state index contributed by atoms with van der Waals surface area (Å²) < 4.78 is 35.7. The number of H-pyrrole nitrogens is 2. The fourth-order valence-electron chi connectivity index (χ4n) is 6.31. The second-order valence-corrected chi connectivity index (χ2v) is 12.2. The van der Waals surface area contributed by atoms with Crippen molar-refractivity contribution in [3.05, 3.63) is 101 Å². The number of nitrogens with one attached hydrogen (secondary N) is 3. The van der Waals surface area contributed by atoms with E-state index in [4.69, 9.17) is 4.74 Å².